The first-order valence-corrected chi connectivity index (χ1v) is 8.50. The minimum atomic E-state index is -0.484. The van der Waals surface area contributed by atoms with Crippen molar-refractivity contribution in [2.75, 3.05) is 13.1 Å². The zero-order chi connectivity index (χ0) is 17.3. The van der Waals surface area contributed by atoms with Crippen molar-refractivity contribution in [2.45, 2.75) is 31.2 Å². The first-order valence-electron chi connectivity index (χ1n) is 7.62. The number of nitrogens with one attached hydrogen (secondary N) is 1. The maximum absolute atomic E-state index is 12.3. The highest BCUT2D eigenvalue weighted by molar-refractivity contribution is 8.00. The van der Waals surface area contributed by atoms with E-state index in [1.807, 2.05) is 32.0 Å². The van der Waals surface area contributed by atoms with Gasteiger partial charge in [-0.2, -0.15) is 0 Å². The van der Waals surface area contributed by atoms with Crippen LogP contribution in [-0.4, -0.2) is 45.4 Å². The predicted molar refractivity (Wildman–Crippen MR) is 89.6 cm³/mol. The summed E-state index contributed by atoms with van der Waals surface area (Å²) in [5, 5.41) is 10.5. The number of nitrogens with zero attached hydrogens (tertiary/aromatic N) is 3. The number of carbonyl (C=O) groups excluding carboxylic acids is 2. The average Bonchev–Trinajstić information content (AvgIpc) is 3.18. The van der Waals surface area contributed by atoms with Gasteiger partial charge in [0.2, 0.25) is 11.8 Å². The van der Waals surface area contributed by atoms with Crippen LogP contribution in [0.2, 0.25) is 0 Å². The summed E-state index contributed by atoms with van der Waals surface area (Å²) < 4.78 is 5.64. The molecule has 8 heteroatoms. The van der Waals surface area contributed by atoms with Gasteiger partial charge in [-0.25, -0.2) is 4.79 Å². The molecule has 24 heavy (non-hydrogen) atoms. The summed E-state index contributed by atoms with van der Waals surface area (Å²) in [7, 11) is 0. The SMILES string of the molecule is Cc1ccc(-c2nnc(S[C@H](C)C(=O)N3CCNC3=O)o2)cc1C. The first kappa shape index (κ1) is 16.5. The van der Waals surface area contributed by atoms with Gasteiger partial charge < -0.3 is 9.73 Å². The number of imide groups is 1. The van der Waals surface area contributed by atoms with E-state index in [1.54, 1.807) is 6.92 Å². The second kappa shape index (κ2) is 6.64. The molecule has 2 aromatic rings. The van der Waals surface area contributed by atoms with Crippen molar-refractivity contribution in [3.63, 3.8) is 0 Å². The van der Waals surface area contributed by atoms with E-state index in [2.05, 4.69) is 15.5 Å². The number of aryl methyl sites for hydroxylation is 2. The van der Waals surface area contributed by atoms with Gasteiger partial charge in [0.1, 0.15) is 0 Å². The molecule has 3 rings (SSSR count). The highest BCUT2D eigenvalue weighted by atomic mass is 32.2. The maximum Gasteiger partial charge on any atom is 0.324 e. The molecule has 0 aliphatic carbocycles. The molecule has 126 valence electrons. The molecule has 0 unspecified atom stereocenters. The molecule has 1 saturated heterocycles. The number of aromatic nitrogens is 2. The molecule has 2 heterocycles. The van der Waals surface area contributed by atoms with Crippen LogP contribution in [0.3, 0.4) is 0 Å². The van der Waals surface area contributed by atoms with E-state index in [0.717, 1.165) is 22.9 Å². The standard InChI is InChI=1S/C16H18N4O3S/c1-9-4-5-12(8-10(9)2)13-18-19-16(23-13)24-11(3)14(21)20-7-6-17-15(20)22/h4-5,8,11H,6-7H2,1-3H3,(H,17,22)/t11-/m1/s1. The topological polar surface area (TPSA) is 88.3 Å². The van der Waals surface area contributed by atoms with Crippen molar-refractivity contribution in [3.8, 4) is 11.5 Å². The van der Waals surface area contributed by atoms with Crippen LogP contribution in [0, 0.1) is 13.8 Å². The Labute approximate surface area is 143 Å². The van der Waals surface area contributed by atoms with Crippen LogP contribution in [0.25, 0.3) is 11.5 Å². The molecule has 1 aromatic heterocycles. The summed E-state index contributed by atoms with van der Waals surface area (Å²) in [5.41, 5.74) is 3.18. The number of thioether (sulfide) groups is 1. The van der Waals surface area contributed by atoms with Crippen molar-refractivity contribution in [2.24, 2.45) is 0 Å². The van der Waals surface area contributed by atoms with Gasteiger partial charge in [-0.05, 0) is 44.0 Å². The van der Waals surface area contributed by atoms with Gasteiger partial charge in [-0.1, -0.05) is 17.8 Å². The molecule has 1 N–H and O–H groups in total. The van der Waals surface area contributed by atoms with E-state index >= 15 is 0 Å². The van der Waals surface area contributed by atoms with Gasteiger partial charge in [0, 0.05) is 18.7 Å². The average molecular weight is 346 g/mol. The van der Waals surface area contributed by atoms with Crippen molar-refractivity contribution >= 4 is 23.7 Å². The summed E-state index contributed by atoms with van der Waals surface area (Å²) >= 11 is 1.15. The fourth-order valence-corrected chi connectivity index (χ4v) is 3.10. The van der Waals surface area contributed by atoms with Crippen molar-refractivity contribution in [3.05, 3.63) is 29.3 Å². The Morgan fingerprint density at radius 3 is 2.79 bits per heavy atom. The maximum atomic E-state index is 12.3. The minimum absolute atomic E-state index is 0.263. The molecule has 3 amide bonds. The molecular weight excluding hydrogens is 328 g/mol. The Morgan fingerprint density at radius 1 is 1.33 bits per heavy atom. The van der Waals surface area contributed by atoms with Crippen LogP contribution in [0.5, 0.6) is 0 Å². The molecule has 0 radical (unpaired) electrons. The Hall–Kier alpha value is -2.35. The Balaban J connectivity index is 1.70. The van der Waals surface area contributed by atoms with Gasteiger partial charge >= 0.3 is 6.03 Å². The van der Waals surface area contributed by atoms with Crippen molar-refractivity contribution in [1.29, 1.82) is 0 Å². The number of benzene rings is 1. The van der Waals surface area contributed by atoms with Crippen LogP contribution in [-0.2, 0) is 4.79 Å². The second-order valence-corrected chi connectivity index (χ2v) is 6.95. The van der Waals surface area contributed by atoms with E-state index in [-0.39, 0.29) is 11.9 Å². The summed E-state index contributed by atoms with van der Waals surface area (Å²) in [6.45, 7) is 6.65. The summed E-state index contributed by atoms with van der Waals surface area (Å²) in [5.74, 6) is 0.153. The lowest BCUT2D eigenvalue weighted by molar-refractivity contribution is -0.126. The van der Waals surface area contributed by atoms with Crippen LogP contribution in [0.4, 0.5) is 4.79 Å². The Bertz CT molecular complexity index is 789. The van der Waals surface area contributed by atoms with Crippen LogP contribution in [0.15, 0.2) is 27.8 Å². The van der Waals surface area contributed by atoms with Gasteiger partial charge in [-0.15, -0.1) is 10.2 Å². The zero-order valence-corrected chi connectivity index (χ0v) is 14.5. The molecule has 0 spiro atoms. The molecule has 1 aromatic carbocycles. The van der Waals surface area contributed by atoms with Crippen LogP contribution < -0.4 is 5.32 Å². The number of hydrogen-bond acceptors (Lipinski definition) is 6. The summed E-state index contributed by atoms with van der Waals surface area (Å²) in [6, 6.07) is 5.56. The number of rotatable bonds is 4. The molecule has 1 aliphatic rings. The Morgan fingerprint density at radius 2 is 2.12 bits per heavy atom. The molecule has 1 atom stereocenters. The molecule has 0 saturated carbocycles. The monoisotopic (exact) mass is 346 g/mol. The van der Waals surface area contributed by atoms with E-state index < -0.39 is 5.25 Å². The number of amides is 3. The van der Waals surface area contributed by atoms with E-state index in [0.29, 0.717) is 24.2 Å². The van der Waals surface area contributed by atoms with Gasteiger partial charge in [0.15, 0.2) is 0 Å². The molecule has 0 bridgehead atoms. The zero-order valence-electron chi connectivity index (χ0n) is 13.7. The quantitative estimate of drug-likeness (QED) is 0.855. The normalized spacial score (nSPS) is 15.5. The number of carbonyl (C=O) groups is 2. The molecular formula is C16H18N4O3S. The first-order chi connectivity index (χ1) is 11.5. The fraction of sp³-hybridized carbons (Fsp3) is 0.375. The third-order valence-corrected chi connectivity index (χ3v) is 4.83. The highest BCUT2D eigenvalue weighted by Crippen LogP contribution is 2.28. The fourth-order valence-electron chi connectivity index (χ4n) is 2.35. The van der Waals surface area contributed by atoms with Crippen molar-refractivity contribution < 1.29 is 14.0 Å². The summed E-state index contributed by atoms with van der Waals surface area (Å²) in [6.07, 6.45) is 0. The predicted octanol–water partition coefficient (Wildman–Crippen LogP) is 2.39. The lowest BCUT2D eigenvalue weighted by atomic mass is 10.1. The third kappa shape index (κ3) is 3.28. The minimum Gasteiger partial charge on any atom is -0.411 e. The third-order valence-electron chi connectivity index (χ3n) is 3.91. The highest BCUT2D eigenvalue weighted by Gasteiger charge is 2.31. The largest absolute Gasteiger partial charge is 0.411 e. The second-order valence-electron chi connectivity index (χ2n) is 5.65. The van der Waals surface area contributed by atoms with Crippen molar-refractivity contribution in [1.82, 2.24) is 20.4 Å². The smallest absolute Gasteiger partial charge is 0.324 e. The van der Waals surface area contributed by atoms with Gasteiger partial charge in [0.25, 0.3) is 5.22 Å². The van der Waals surface area contributed by atoms with Crippen LogP contribution >= 0.6 is 11.8 Å². The number of hydrogen-bond donors (Lipinski definition) is 1. The number of urea groups is 1. The molecule has 1 fully saturated rings. The lowest BCUT2D eigenvalue weighted by Gasteiger charge is -2.15. The molecule has 1 aliphatic heterocycles. The van der Waals surface area contributed by atoms with E-state index in [1.165, 1.54) is 10.5 Å². The van der Waals surface area contributed by atoms with Crippen LogP contribution in [0.1, 0.15) is 18.1 Å². The summed E-state index contributed by atoms with van der Waals surface area (Å²) in [4.78, 5) is 25.0. The van der Waals surface area contributed by atoms with Gasteiger partial charge in [-0.3, -0.25) is 9.69 Å². The van der Waals surface area contributed by atoms with E-state index in [9.17, 15) is 9.59 Å². The molecule has 7 nitrogen and oxygen atoms in total. The Kier molecular flexibility index (Phi) is 4.57. The van der Waals surface area contributed by atoms with Gasteiger partial charge in [0.05, 0.1) is 5.25 Å². The van der Waals surface area contributed by atoms with E-state index in [4.69, 9.17) is 4.42 Å². The lowest BCUT2D eigenvalue weighted by Crippen LogP contribution is -2.38.